The highest BCUT2D eigenvalue weighted by molar-refractivity contribution is 6.07. The van der Waals surface area contributed by atoms with Crippen LogP contribution in [0.1, 0.15) is 47.7 Å². The predicted molar refractivity (Wildman–Crippen MR) is 135 cm³/mol. The quantitative estimate of drug-likeness (QED) is 0.502. The van der Waals surface area contributed by atoms with E-state index < -0.39 is 5.82 Å². The summed E-state index contributed by atoms with van der Waals surface area (Å²) in [5.74, 6) is 0.243. The molecule has 6 rings (SSSR count). The number of pyridine rings is 1. The molecular formula is C27H30FN5O3. The molecule has 0 aliphatic carbocycles. The normalized spacial score (nSPS) is 21.7. The number of carbonyl (C=O) groups excluding carboxylic acids is 1. The highest BCUT2D eigenvalue weighted by atomic mass is 19.1. The summed E-state index contributed by atoms with van der Waals surface area (Å²) in [5.41, 5.74) is 3.97. The van der Waals surface area contributed by atoms with Gasteiger partial charge in [0.1, 0.15) is 12.4 Å². The maximum atomic E-state index is 14.5. The van der Waals surface area contributed by atoms with E-state index in [4.69, 9.17) is 9.47 Å². The Morgan fingerprint density at radius 3 is 2.94 bits per heavy atom. The molecule has 1 aromatic carbocycles. The number of hydrogen-bond donors (Lipinski definition) is 3. The Hall–Kier alpha value is -3.59. The molecule has 3 aliphatic heterocycles. The number of hydrogen-bond acceptors (Lipinski definition) is 6. The van der Waals surface area contributed by atoms with Gasteiger partial charge in [-0.15, -0.1) is 0 Å². The van der Waals surface area contributed by atoms with Crippen molar-refractivity contribution in [2.45, 2.75) is 37.6 Å². The van der Waals surface area contributed by atoms with Gasteiger partial charge in [0.25, 0.3) is 5.91 Å². The molecular weight excluding hydrogens is 461 g/mol. The fraction of sp³-hybridized carbons (Fsp3) is 0.407. The minimum absolute atomic E-state index is 0.0908. The van der Waals surface area contributed by atoms with E-state index in [0.717, 1.165) is 43.6 Å². The van der Waals surface area contributed by atoms with Crippen molar-refractivity contribution < 1.29 is 18.7 Å². The number of halogens is 1. The minimum Gasteiger partial charge on any atom is -0.492 e. The highest BCUT2D eigenvalue weighted by Crippen LogP contribution is 2.44. The van der Waals surface area contributed by atoms with Gasteiger partial charge in [0, 0.05) is 36.0 Å². The summed E-state index contributed by atoms with van der Waals surface area (Å²) in [6, 6.07) is 6.97. The molecule has 1 amide bonds. The number of amides is 1. The van der Waals surface area contributed by atoms with Crippen LogP contribution in [0.4, 0.5) is 15.8 Å². The van der Waals surface area contributed by atoms with Crippen molar-refractivity contribution in [1.29, 1.82) is 0 Å². The molecule has 1 fully saturated rings. The number of carbonyl (C=O) groups is 1. The van der Waals surface area contributed by atoms with Gasteiger partial charge < -0.3 is 25.1 Å². The van der Waals surface area contributed by atoms with Crippen LogP contribution in [-0.4, -0.2) is 60.2 Å². The third-order valence-electron chi connectivity index (χ3n) is 7.59. The van der Waals surface area contributed by atoms with Gasteiger partial charge in [-0.1, -0.05) is 6.07 Å². The van der Waals surface area contributed by atoms with Gasteiger partial charge in [-0.2, -0.15) is 0 Å². The van der Waals surface area contributed by atoms with Crippen molar-refractivity contribution in [3.8, 4) is 22.8 Å². The molecule has 2 atom stereocenters. The van der Waals surface area contributed by atoms with Gasteiger partial charge in [0.15, 0.2) is 11.6 Å². The molecule has 0 unspecified atom stereocenters. The largest absolute Gasteiger partial charge is 0.492 e. The zero-order valence-corrected chi connectivity index (χ0v) is 20.3. The summed E-state index contributed by atoms with van der Waals surface area (Å²) in [7, 11) is 1.43. The van der Waals surface area contributed by atoms with Crippen LogP contribution in [0.25, 0.3) is 11.3 Å². The van der Waals surface area contributed by atoms with Crippen molar-refractivity contribution in [3.05, 3.63) is 53.7 Å². The summed E-state index contributed by atoms with van der Waals surface area (Å²) in [6.07, 6.45) is 7.71. The first kappa shape index (κ1) is 22.8. The number of H-pyrrole nitrogens is 1. The zero-order valence-electron chi connectivity index (χ0n) is 20.3. The van der Waals surface area contributed by atoms with E-state index in [1.165, 1.54) is 19.6 Å². The molecule has 2 aromatic heterocycles. The van der Waals surface area contributed by atoms with Gasteiger partial charge >= 0.3 is 0 Å². The second-order valence-electron chi connectivity index (χ2n) is 9.67. The van der Waals surface area contributed by atoms with Crippen LogP contribution in [0.15, 0.2) is 36.7 Å². The fourth-order valence-electron chi connectivity index (χ4n) is 5.80. The number of nitrogens with zero attached hydrogens (tertiary/aromatic N) is 2. The van der Waals surface area contributed by atoms with Crippen LogP contribution in [0, 0.1) is 5.82 Å². The van der Waals surface area contributed by atoms with Gasteiger partial charge in [-0.05, 0) is 57.0 Å². The number of methoxy groups -OCH3 is 1. The van der Waals surface area contributed by atoms with E-state index in [2.05, 4.69) is 25.5 Å². The number of rotatable bonds is 3. The Morgan fingerprint density at radius 1 is 1.22 bits per heavy atom. The van der Waals surface area contributed by atoms with E-state index in [9.17, 15) is 9.18 Å². The second kappa shape index (κ2) is 9.46. The number of para-hydroxylation sites is 1. The van der Waals surface area contributed by atoms with Crippen molar-refractivity contribution in [2.75, 3.05) is 38.7 Å². The Labute approximate surface area is 209 Å². The Kier molecular flexibility index (Phi) is 6.00. The summed E-state index contributed by atoms with van der Waals surface area (Å²) in [5, 5.41) is 6.40. The Morgan fingerprint density at radius 2 is 2.08 bits per heavy atom. The van der Waals surface area contributed by atoms with E-state index >= 15 is 0 Å². The first-order valence-electron chi connectivity index (χ1n) is 12.6. The van der Waals surface area contributed by atoms with Crippen molar-refractivity contribution >= 4 is 17.3 Å². The summed E-state index contributed by atoms with van der Waals surface area (Å²) in [6.45, 7) is 3.27. The molecule has 0 radical (unpaired) electrons. The lowest BCUT2D eigenvalue weighted by Crippen LogP contribution is -2.37. The highest BCUT2D eigenvalue weighted by Gasteiger charge is 2.34. The molecule has 36 heavy (non-hydrogen) atoms. The number of nitrogens with one attached hydrogen (secondary N) is 3. The van der Waals surface area contributed by atoms with E-state index in [1.54, 1.807) is 24.5 Å². The molecule has 0 saturated carbocycles. The van der Waals surface area contributed by atoms with Crippen LogP contribution in [0.3, 0.4) is 0 Å². The number of benzene rings is 1. The molecule has 2 bridgehead atoms. The first-order chi connectivity index (χ1) is 17.6. The molecule has 1 saturated heterocycles. The van der Waals surface area contributed by atoms with Crippen LogP contribution in [0.5, 0.6) is 11.5 Å². The SMILES string of the molecule is COc1c(F)cccc1Nc1c2[nH]c3c1C(=O)NC[C@H]3CCCN1CCC[C@H]1COc1cnccc1-2. The average molecular weight is 492 g/mol. The van der Waals surface area contributed by atoms with Crippen LogP contribution >= 0.6 is 0 Å². The molecule has 3 aliphatic rings. The fourth-order valence-corrected chi connectivity index (χ4v) is 5.80. The summed E-state index contributed by atoms with van der Waals surface area (Å²) in [4.78, 5) is 23.6. The molecule has 5 heterocycles. The first-order valence-corrected chi connectivity index (χ1v) is 12.6. The van der Waals surface area contributed by atoms with Gasteiger partial charge in [-0.3, -0.25) is 14.7 Å². The molecule has 9 heteroatoms. The number of fused-ring (bicyclic) bond motifs is 4. The van der Waals surface area contributed by atoms with Gasteiger partial charge in [0.05, 0.1) is 35.9 Å². The third-order valence-corrected chi connectivity index (χ3v) is 7.59. The maximum Gasteiger partial charge on any atom is 0.255 e. The molecule has 188 valence electrons. The second-order valence-corrected chi connectivity index (χ2v) is 9.67. The van der Waals surface area contributed by atoms with Crippen LogP contribution < -0.4 is 20.1 Å². The monoisotopic (exact) mass is 491 g/mol. The number of aromatic amines is 1. The lowest BCUT2D eigenvalue weighted by atomic mass is 9.92. The minimum atomic E-state index is -0.480. The van der Waals surface area contributed by atoms with E-state index in [1.807, 2.05) is 6.07 Å². The lowest BCUT2D eigenvalue weighted by Gasteiger charge is -2.27. The average Bonchev–Trinajstić information content (AvgIpc) is 3.49. The smallest absolute Gasteiger partial charge is 0.255 e. The lowest BCUT2D eigenvalue weighted by molar-refractivity contribution is 0.0939. The number of anilines is 2. The van der Waals surface area contributed by atoms with Crippen molar-refractivity contribution in [1.82, 2.24) is 20.2 Å². The summed E-state index contributed by atoms with van der Waals surface area (Å²) >= 11 is 0. The molecule has 8 nitrogen and oxygen atoms in total. The number of ether oxygens (including phenoxy) is 2. The number of aromatic nitrogens is 2. The van der Waals surface area contributed by atoms with E-state index in [-0.39, 0.29) is 17.6 Å². The topological polar surface area (TPSA) is 91.5 Å². The van der Waals surface area contributed by atoms with Gasteiger partial charge in [-0.25, -0.2) is 4.39 Å². The van der Waals surface area contributed by atoms with Crippen molar-refractivity contribution in [3.63, 3.8) is 0 Å². The molecule has 3 aromatic rings. The maximum absolute atomic E-state index is 14.5. The molecule has 3 N–H and O–H groups in total. The standard InChI is InChI=1S/C27H30FN5O3/c1-35-26-19(28)7-2-8-20(26)31-25-22-23-16(13-30-27(22)34)5-3-11-33-12-4-6-17(33)15-36-21-14-29-10-9-18(21)24(25)32-23/h2,7-10,14,16-17,31-32H,3-6,11-13,15H2,1H3,(H,30,34)/t16-,17+/m1/s1. The van der Waals surface area contributed by atoms with Crippen LogP contribution in [-0.2, 0) is 0 Å². The Balaban J connectivity index is 1.51. The summed E-state index contributed by atoms with van der Waals surface area (Å²) < 4.78 is 26.2. The van der Waals surface area contributed by atoms with Crippen molar-refractivity contribution in [2.24, 2.45) is 0 Å². The third kappa shape index (κ3) is 3.97. The van der Waals surface area contributed by atoms with E-state index in [0.29, 0.717) is 47.6 Å². The zero-order chi connectivity index (χ0) is 24.6. The van der Waals surface area contributed by atoms with Crippen LogP contribution in [0.2, 0.25) is 0 Å². The molecule has 0 spiro atoms. The van der Waals surface area contributed by atoms with Gasteiger partial charge in [0.2, 0.25) is 0 Å². The predicted octanol–water partition coefficient (Wildman–Crippen LogP) is 4.43. The Bertz CT molecular complexity index is 1290.